The largest absolute Gasteiger partial charge is 0.493 e. The minimum absolute atomic E-state index is 0.0506. The molecular weight excluding hydrogens is 540 g/mol. The van der Waals surface area contributed by atoms with Gasteiger partial charge in [0.05, 0.1) is 58.4 Å². The SMILES string of the molecule is COc1cc(S(=O)(=O)CCN(C(=O)N(CCN2CCOCC2)CCN2CCOCC2)C(C)C)cc(OC)c1OC. The van der Waals surface area contributed by atoms with Crippen LogP contribution in [-0.4, -0.2) is 153 Å². The lowest BCUT2D eigenvalue weighted by molar-refractivity contribution is 0.0269. The molecule has 3 rings (SSSR count). The van der Waals surface area contributed by atoms with Gasteiger partial charge >= 0.3 is 6.03 Å². The summed E-state index contributed by atoms with van der Waals surface area (Å²) in [5, 5.41) is 0. The number of hydrogen-bond donors (Lipinski definition) is 0. The Hall–Kier alpha value is -2.32. The molecule has 0 atom stereocenters. The van der Waals surface area contributed by atoms with E-state index in [1.54, 1.807) is 4.90 Å². The van der Waals surface area contributed by atoms with Gasteiger partial charge in [-0.15, -0.1) is 0 Å². The van der Waals surface area contributed by atoms with Crippen molar-refractivity contribution in [2.75, 3.05) is 112 Å². The normalized spacial score (nSPS) is 17.1. The van der Waals surface area contributed by atoms with Gasteiger partial charge in [-0.3, -0.25) is 9.80 Å². The zero-order chi connectivity index (χ0) is 29.1. The van der Waals surface area contributed by atoms with Crippen LogP contribution in [0.15, 0.2) is 17.0 Å². The Labute approximate surface area is 238 Å². The first-order chi connectivity index (χ1) is 19.2. The van der Waals surface area contributed by atoms with Crippen LogP contribution < -0.4 is 14.2 Å². The maximum absolute atomic E-state index is 13.9. The average Bonchev–Trinajstić information content (AvgIpc) is 2.97. The summed E-state index contributed by atoms with van der Waals surface area (Å²) in [6.45, 7) is 12.6. The Morgan fingerprint density at radius 1 is 0.850 bits per heavy atom. The number of morpholine rings is 2. The summed E-state index contributed by atoms with van der Waals surface area (Å²) >= 11 is 0. The molecule has 2 amide bonds. The zero-order valence-electron chi connectivity index (χ0n) is 24.6. The lowest BCUT2D eigenvalue weighted by Crippen LogP contribution is -2.52. The second-order valence-corrected chi connectivity index (χ2v) is 12.3. The summed E-state index contributed by atoms with van der Waals surface area (Å²) < 4.78 is 53.7. The summed E-state index contributed by atoms with van der Waals surface area (Å²) in [7, 11) is 0.573. The monoisotopic (exact) mass is 586 g/mol. The van der Waals surface area contributed by atoms with Gasteiger partial charge in [0.1, 0.15) is 0 Å². The van der Waals surface area contributed by atoms with Gasteiger partial charge in [0, 0.05) is 77.1 Å². The van der Waals surface area contributed by atoms with Crippen molar-refractivity contribution >= 4 is 15.9 Å². The predicted octanol–water partition coefficient (Wildman–Crippen LogP) is 1.28. The molecule has 0 aliphatic carbocycles. The van der Waals surface area contributed by atoms with Gasteiger partial charge in [-0.1, -0.05) is 0 Å². The van der Waals surface area contributed by atoms with E-state index in [1.807, 2.05) is 18.7 Å². The number of ether oxygens (including phenoxy) is 5. The third kappa shape index (κ3) is 8.84. The van der Waals surface area contributed by atoms with Crippen LogP contribution in [0.5, 0.6) is 17.2 Å². The van der Waals surface area contributed by atoms with Gasteiger partial charge in [0.2, 0.25) is 5.75 Å². The van der Waals surface area contributed by atoms with E-state index in [9.17, 15) is 13.2 Å². The van der Waals surface area contributed by atoms with Crippen LogP contribution >= 0.6 is 0 Å². The van der Waals surface area contributed by atoms with E-state index < -0.39 is 9.84 Å². The molecular formula is C27H46N4O8S. The summed E-state index contributed by atoms with van der Waals surface area (Å²) in [6, 6.07) is 2.51. The van der Waals surface area contributed by atoms with E-state index in [-0.39, 0.29) is 40.8 Å². The van der Waals surface area contributed by atoms with Crippen LogP contribution in [0.25, 0.3) is 0 Å². The molecule has 2 fully saturated rings. The number of urea groups is 1. The molecule has 0 bridgehead atoms. The van der Waals surface area contributed by atoms with Gasteiger partial charge < -0.3 is 33.5 Å². The molecule has 2 aliphatic heterocycles. The summed E-state index contributed by atoms with van der Waals surface area (Å²) in [5.74, 6) is 0.597. The van der Waals surface area contributed by atoms with Crippen molar-refractivity contribution in [3.63, 3.8) is 0 Å². The molecule has 0 saturated carbocycles. The fourth-order valence-electron chi connectivity index (χ4n) is 4.81. The minimum atomic E-state index is -3.77. The number of carbonyl (C=O) groups excluding carboxylic acids is 1. The van der Waals surface area contributed by atoms with Crippen LogP contribution in [-0.2, 0) is 19.3 Å². The maximum Gasteiger partial charge on any atom is 0.320 e. The van der Waals surface area contributed by atoms with Crippen LogP contribution in [0, 0.1) is 0 Å². The Balaban J connectivity index is 1.73. The number of methoxy groups -OCH3 is 3. The maximum atomic E-state index is 13.9. The molecule has 0 spiro atoms. The quantitative estimate of drug-likeness (QED) is 0.316. The highest BCUT2D eigenvalue weighted by Crippen LogP contribution is 2.39. The Morgan fingerprint density at radius 3 is 1.73 bits per heavy atom. The molecule has 12 nitrogen and oxygen atoms in total. The van der Waals surface area contributed by atoms with E-state index in [2.05, 4.69) is 9.80 Å². The molecule has 0 unspecified atom stereocenters. The fraction of sp³-hybridized carbons (Fsp3) is 0.741. The van der Waals surface area contributed by atoms with Crippen LogP contribution in [0.3, 0.4) is 0 Å². The van der Waals surface area contributed by atoms with E-state index >= 15 is 0 Å². The van der Waals surface area contributed by atoms with E-state index in [4.69, 9.17) is 23.7 Å². The summed E-state index contributed by atoms with van der Waals surface area (Å²) in [4.78, 5) is 22.0. The first-order valence-electron chi connectivity index (χ1n) is 13.9. The van der Waals surface area contributed by atoms with E-state index in [0.717, 1.165) is 39.3 Å². The zero-order valence-corrected chi connectivity index (χ0v) is 25.4. The summed E-state index contributed by atoms with van der Waals surface area (Å²) in [6.07, 6.45) is 0. The third-order valence-corrected chi connectivity index (χ3v) is 8.99. The predicted molar refractivity (Wildman–Crippen MR) is 151 cm³/mol. The average molecular weight is 587 g/mol. The van der Waals surface area contributed by atoms with Gasteiger partial charge in [-0.05, 0) is 13.8 Å². The molecule has 0 aromatic heterocycles. The molecule has 40 heavy (non-hydrogen) atoms. The molecule has 2 aliphatic rings. The second kappa shape index (κ2) is 15.6. The second-order valence-electron chi connectivity index (χ2n) is 10.1. The number of hydrogen-bond acceptors (Lipinski definition) is 10. The highest BCUT2D eigenvalue weighted by molar-refractivity contribution is 7.91. The van der Waals surface area contributed by atoms with E-state index in [1.165, 1.54) is 33.5 Å². The third-order valence-electron chi connectivity index (χ3n) is 7.32. The molecule has 0 radical (unpaired) electrons. The Kier molecular flexibility index (Phi) is 12.6. The van der Waals surface area contributed by atoms with Gasteiger partial charge in [0.15, 0.2) is 21.3 Å². The smallest absolute Gasteiger partial charge is 0.320 e. The topological polar surface area (TPSA) is 110 Å². The lowest BCUT2D eigenvalue weighted by atomic mass is 10.3. The highest BCUT2D eigenvalue weighted by Gasteiger charge is 2.28. The van der Waals surface area contributed by atoms with Gasteiger partial charge in [-0.25, -0.2) is 13.2 Å². The van der Waals surface area contributed by atoms with Crippen molar-refractivity contribution in [2.45, 2.75) is 24.8 Å². The first kappa shape index (κ1) is 32.2. The molecule has 1 aromatic carbocycles. The number of amides is 2. The van der Waals surface area contributed by atoms with Crippen LogP contribution in [0.4, 0.5) is 4.79 Å². The van der Waals surface area contributed by atoms with Crippen molar-refractivity contribution in [2.24, 2.45) is 0 Å². The highest BCUT2D eigenvalue weighted by atomic mass is 32.2. The van der Waals surface area contributed by atoms with Crippen molar-refractivity contribution in [3.05, 3.63) is 12.1 Å². The van der Waals surface area contributed by atoms with E-state index in [0.29, 0.717) is 45.3 Å². The van der Waals surface area contributed by atoms with Crippen LogP contribution in [0.1, 0.15) is 13.8 Å². The van der Waals surface area contributed by atoms with Crippen molar-refractivity contribution < 1.29 is 36.9 Å². The minimum Gasteiger partial charge on any atom is -0.493 e. The van der Waals surface area contributed by atoms with Crippen molar-refractivity contribution in [1.82, 2.24) is 19.6 Å². The van der Waals surface area contributed by atoms with Crippen molar-refractivity contribution in [3.8, 4) is 17.2 Å². The number of carbonyl (C=O) groups is 1. The fourth-order valence-corrected chi connectivity index (χ4v) is 6.05. The number of rotatable bonds is 14. The number of sulfone groups is 1. The number of benzene rings is 1. The standard InChI is InChI=1S/C27H46N4O8S/c1-22(2)31(14-19-40(33,34)23-20-24(35-3)26(37-5)25(21-23)36-4)27(32)30(8-6-28-10-15-38-16-11-28)9-7-29-12-17-39-18-13-29/h20-22H,6-19H2,1-5H3. The molecule has 2 saturated heterocycles. The molecule has 13 heteroatoms. The summed E-state index contributed by atoms with van der Waals surface area (Å²) in [5.41, 5.74) is 0. The number of nitrogens with zero attached hydrogens (tertiary/aromatic N) is 4. The Bertz CT molecular complexity index is 996. The Morgan fingerprint density at radius 2 is 1.32 bits per heavy atom. The molecule has 0 N–H and O–H groups in total. The van der Waals surface area contributed by atoms with Crippen LogP contribution in [0.2, 0.25) is 0 Å². The van der Waals surface area contributed by atoms with Crippen molar-refractivity contribution in [1.29, 1.82) is 0 Å². The molecule has 2 heterocycles. The lowest BCUT2D eigenvalue weighted by Gasteiger charge is -2.36. The van der Waals surface area contributed by atoms with Gasteiger partial charge in [-0.2, -0.15) is 0 Å². The molecule has 228 valence electrons. The van der Waals surface area contributed by atoms with Gasteiger partial charge in [0.25, 0.3) is 0 Å². The first-order valence-corrected chi connectivity index (χ1v) is 15.5. The molecule has 1 aromatic rings.